The summed E-state index contributed by atoms with van der Waals surface area (Å²) in [7, 11) is 0. The molecule has 0 fully saturated rings. The third kappa shape index (κ3) is 2.60. The highest BCUT2D eigenvalue weighted by atomic mass is 35.5. The summed E-state index contributed by atoms with van der Waals surface area (Å²) in [6.07, 6.45) is 1.56. The molecule has 0 unspecified atom stereocenters. The van der Waals surface area contributed by atoms with Gasteiger partial charge in [-0.2, -0.15) is 0 Å². The van der Waals surface area contributed by atoms with E-state index < -0.39 is 0 Å². The minimum Gasteiger partial charge on any atom is -0.396 e. The van der Waals surface area contributed by atoms with Gasteiger partial charge in [0.25, 0.3) is 5.91 Å². The first kappa shape index (κ1) is 12.4. The van der Waals surface area contributed by atoms with Gasteiger partial charge in [0.05, 0.1) is 16.3 Å². The monoisotopic (exact) mass is 261 g/mol. The molecule has 0 aliphatic heterocycles. The van der Waals surface area contributed by atoms with Crippen molar-refractivity contribution in [2.24, 2.45) is 0 Å². The molecule has 0 saturated heterocycles. The molecule has 3 N–H and O–H groups in total. The van der Waals surface area contributed by atoms with Crippen molar-refractivity contribution in [1.82, 2.24) is 4.98 Å². The lowest BCUT2D eigenvalue weighted by molar-refractivity contribution is 0.102. The van der Waals surface area contributed by atoms with Gasteiger partial charge in [-0.1, -0.05) is 17.7 Å². The van der Waals surface area contributed by atoms with E-state index in [2.05, 4.69) is 10.3 Å². The number of benzene rings is 1. The lowest BCUT2D eigenvalue weighted by atomic mass is 10.1. The minimum absolute atomic E-state index is 0.328. The van der Waals surface area contributed by atoms with Gasteiger partial charge >= 0.3 is 0 Å². The number of rotatable bonds is 2. The molecule has 2 rings (SSSR count). The van der Waals surface area contributed by atoms with Crippen LogP contribution in [-0.4, -0.2) is 10.9 Å². The van der Waals surface area contributed by atoms with E-state index in [0.29, 0.717) is 22.1 Å². The molecule has 1 aromatic carbocycles. The zero-order valence-corrected chi connectivity index (χ0v) is 10.5. The van der Waals surface area contributed by atoms with Crippen molar-refractivity contribution in [2.75, 3.05) is 11.1 Å². The highest BCUT2D eigenvalue weighted by Gasteiger charge is 2.12. The van der Waals surface area contributed by atoms with Crippen LogP contribution in [0.25, 0.3) is 0 Å². The summed E-state index contributed by atoms with van der Waals surface area (Å²) in [5, 5.41) is 3.03. The summed E-state index contributed by atoms with van der Waals surface area (Å²) in [5.41, 5.74) is 7.50. The molecule has 0 saturated carbocycles. The molecule has 0 radical (unpaired) electrons. The van der Waals surface area contributed by atoms with E-state index in [9.17, 15) is 4.79 Å². The molecule has 92 valence electrons. The van der Waals surface area contributed by atoms with Gasteiger partial charge in [-0.05, 0) is 36.8 Å². The molecule has 0 spiro atoms. The average Bonchev–Trinajstić information content (AvgIpc) is 2.32. The number of amides is 1. The van der Waals surface area contributed by atoms with Crippen molar-refractivity contribution < 1.29 is 4.79 Å². The van der Waals surface area contributed by atoms with Crippen LogP contribution in [0.15, 0.2) is 36.5 Å². The number of carbonyl (C=O) groups excluding carboxylic acids is 1. The van der Waals surface area contributed by atoms with Crippen LogP contribution in [0.3, 0.4) is 0 Å². The van der Waals surface area contributed by atoms with E-state index in [1.165, 1.54) is 0 Å². The summed E-state index contributed by atoms with van der Waals surface area (Å²) >= 11 is 6.02. The number of hydrogen-bond donors (Lipinski definition) is 2. The molecule has 0 bridgehead atoms. The van der Waals surface area contributed by atoms with Crippen molar-refractivity contribution in [3.05, 3.63) is 52.7 Å². The summed E-state index contributed by atoms with van der Waals surface area (Å²) in [5.74, 6) is 0.00421. The lowest BCUT2D eigenvalue weighted by Crippen LogP contribution is -2.14. The number of nitrogens with two attached hydrogens (primary N) is 1. The third-order valence-corrected chi connectivity index (χ3v) is 2.75. The maximum Gasteiger partial charge on any atom is 0.258 e. The maximum atomic E-state index is 12.0. The Morgan fingerprint density at radius 2 is 2.17 bits per heavy atom. The molecular weight excluding hydrogens is 250 g/mol. The summed E-state index contributed by atoms with van der Waals surface area (Å²) in [6.45, 7) is 1.91. The van der Waals surface area contributed by atoms with Gasteiger partial charge < -0.3 is 11.1 Å². The fourth-order valence-electron chi connectivity index (χ4n) is 1.50. The number of nitrogens with zero attached hydrogens (tertiary/aromatic N) is 1. The maximum absolute atomic E-state index is 12.0. The van der Waals surface area contributed by atoms with Gasteiger partial charge in [0.15, 0.2) is 5.82 Å². The largest absolute Gasteiger partial charge is 0.396 e. The number of carbonyl (C=O) groups is 1. The molecule has 0 aliphatic carbocycles. The van der Waals surface area contributed by atoms with Crippen molar-refractivity contribution in [3.8, 4) is 0 Å². The number of aromatic nitrogens is 1. The highest BCUT2D eigenvalue weighted by Crippen LogP contribution is 2.20. The number of nitrogens with one attached hydrogen (secondary N) is 1. The van der Waals surface area contributed by atoms with Crippen molar-refractivity contribution in [3.63, 3.8) is 0 Å². The van der Waals surface area contributed by atoms with Gasteiger partial charge in [-0.15, -0.1) is 0 Å². The molecule has 1 amide bonds. The van der Waals surface area contributed by atoms with Crippen molar-refractivity contribution >= 4 is 29.0 Å². The molecule has 0 atom stereocenters. The van der Waals surface area contributed by atoms with Crippen molar-refractivity contribution in [2.45, 2.75) is 6.92 Å². The molecule has 5 heteroatoms. The number of pyridine rings is 1. The Morgan fingerprint density at radius 1 is 1.39 bits per heavy atom. The number of halogens is 1. The van der Waals surface area contributed by atoms with Gasteiger partial charge in [-0.3, -0.25) is 4.79 Å². The van der Waals surface area contributed by atoms with E-state index in [4.69, 9.17) is 17.3 Å². The fraction of sp³-hybridized carbons (Fsp3) is 0.0769. The zero-order valence-electron chi connectivity index (χ0n) is 9.77. The Morgan fingerprint density at radius 3 is 2.83 bits per heavy atom. The summed E-state index contributed by atoms with van der Waals surface area (Å²) in [6, 6.07) is 8.59. The molecular formula is C13H12ClN3O. The van der Waals surface area contributed by atoms with E-state index >= 15 is 0 Å². The normalized spacial score (nSPS) is 10.1. The van der Waals surface area contributed by atoms with E-state index in [1.54, 1.807) is 30.5 Å². The first-order valence-electron chi connectivity index (χ1n) is 5.36. The summed E-state index contributed by atoms with van der Waals surface area (Å²) < 4.78 is 0. The molecule has 4 nitrogen and oxygen atoms in total. The molecule has 2 aromatic rings. The predicted octanol–water partition coefficient (Wildman–Crippen LogP) is 2.88. The zero-order chi connectivity index (χ0) is 13.1. The van der Waals surface area contributed by atoms with Crippen LogP contribution in [-0.2, 0) is 0 Å². The van der Waals surface area contributed by atoms with E-state index in [-0.39, 0.29) is 5.91 Å². The molecule has 1 heterocycles. The van der Waals surface area contributed by atoms with E-state index in [1.807, 2.05) is 13.0 Å². The Labute approximate surface area is 110 Å². The quantitative estimate of drug-likeness (QED) is 0.873. The first-order valence-corrected chi connectivity index (χ1v) is 5.73. The Bertz CT molecular complexity index is 599. The number of hydrogen-bond acceptors (Lipinski definition) is 3. The van der Waals surface area contributed by atoms with Crippen LogP contribution in [0.4, 0.5) is 11.5 Å². The highest BCUT2D eigenvalue weighted by molar-refractivity contribution is 6.34. The molecule has 1 aromatic heterocycles. The molecule has 18 heavy (non-hydrogen) atoms. The second kappa shape index (κ2) is 5.06. The van der Waals surface area contributed by atoms with E-state index in [0.717, 1.165) is 5.56 Å². The van der Waals surface area contributed by atoms with Crippen LogP contribution >= 0.6 is 11.6 Å². The first-order chi connectivity index (χ1) is 8.58. The SMILES string of the molecule is Cc1ccc(C(=O)Nc2ncccc2N)c(Cl)c1. The Balaban J connectivity index is 2.25. The lowest BCUT2D eigenvalue weighted by Gasteiger charge is -2.08. The second-order valence-electron chi connectivity index (χ2n) is 3.88. The number of aryl methyl sites for hydroxylation is 1. The van der Waals surface area contributed by atoms with Crippen LogP contribution < -0.4 is 11.1 Å². The topological polar surface area (TPSA) is 68.0 Å². The standard InChI is InChI=1S/C13H12ClN3O/c1-8-4-5-9(10(14)7-8)13(18)17-12-11(15)3-2-6-16-12/h2-7H,15H2,1H3,(H,16,17,18). The molecule has 0 aliphatic rings. The third-order valence-electron chi connectivity index (χ3n) is 2.44. The smallest absolute Gasteiger partial charge is 0.258 e. The van der Waals surface area contributed by atoms with Crippen LogP contribution in [0.2, 0.25) is 5.02 Å². The summed E-state index contributed by atoms with van der Waals surface area (Å²) in [4.78, 5) is 16.0. The van der Waals surface area contributed by atoms with Gasteiger partial charge in [0.2, 0.25) is 0 Å². The second-order valence-corrected chi connectivity index (χ2v) is 4.29. The van der Waals surface area contributed by atoms with Gasteiger partial charge in [0, 0.05) is 6.20 Å². The van der Waals surface area contributed by atoms with Crippen LogP contribution in [0, 0.1) is 6.92 Å². The Kier molecular flexibility index (Phi) is 3.48. The predicted molar refractivity (Wildman–Crippen MR) is 72.8 cm³/mol. The van der Waals surface area contributed by atoms with Crippen molar-refractivity contribution in [1.29, 1.82) is 0 Å². The minimum atomic E-state index is -0.328. The Hall–Kier alpha value is -2.07. The van der Waals surface area contributed by atoms with Crippen LogP contribution in [0.5, 0.6) is 0 Å². The average molecular weight is 262 g/mol. The fourth-order valence-corrected chi connectivity index (χ4v) is 1.82. The van der Waals surface area contributed by atoms with Gasteiger partial charge in [0.1, 0.15) is 0 Å². The van der Waals surface area contributed by atoms with Gasteiger partial charge in [-0.25, -0.2) is 4.98 Å². The number of nitrogen functional groups attached to an aromatic ring is 1. The van der Waals surface area contributed by atoms with Crippen LogP contribution in [0.1, 0.15) is 15.9 Å². The number of anilines is 2.